The lowest BCUT2D eigenvalue weighted by Crippen LogP contribution is -2.37. The molecule has 1 aliphatic heterocycles. The topological polar surface area (TPSA) is 72.5 Å². The number of benzene rings is 1. The molecule has 6 heteroatoms. The lowest BCUT2D eigenvalue weighted by Gasteiger charge is -2.28. The molecule has 0 aliphatic carbocycles. The second kappa shape index (κ2) is 5.33. The van der Waals surface area contributed by atoms with Gasteiger partial charge in [0.15, 0.2) is 9.84 Å². The van der Waals surface area contributed by atoms with Gasteiger partial charge in [0, 0.05) is 0 Å². The molecule has 0 aromatic heterocycles. The zero-order chi connectivity index (χ0) is 15.8. The molecule has 1 amide bonds. The minimum absolute atomic E-state index is 0.0313. The van der Waals surface area contributed by atoms with E-state index in [0.717, 1.165) is 5.56 Å². The van der Waals surface area contributed by atoms with E-state index in [0.29, 0.717) is 16.9 Å². The van der Waals surface area contributed by atoms with Gasteiger partial charge in [-0.3, -0.25) is 0 Å². The molecular formula is C15H21NO4S. The minimum atomic E-state index is -3.25. The smallest absolute Gasteiger partial charge is 0.408 e. The molecule has 0 spiro atoms. The Morgan fingerprint density at radius 3 is 2.62 bits per heavy atom. The van der Waals surface area contributed by atoms with E-state index in [2.05, 4.69) is 5.32 Å². The predicted molar refractivity (Wildman–Crippen MR) is 80.0 cm³/mol. The largest absolute Gasteiger partial charge is 0.444 e. The Morgan fingerprint density at radius 2 is 2.00 bits per heavy atom. The van der Waals surface area contributed by atoms with Crippen LogP contribution in [0.25, 0.3) is 0 Å². The molecule has 2 rings (SSSR count). The van der Waals surface area contributed by atoms with Crippen LogP contribution >= 0.6 is 0 Å². The van der Waals surface area contributed by atoms with Crippen LogP contribution in [-0.2, 0) is 14.6 Å². The zero-order valence-electron chi connectivity index (χ0n) is 12.8. The number of alkyl carbamates (subject to hydrolysis) is 1. The summed E-state index contributed by atoms with van der Waals surface area (Å²) in [6.45, 7) is 7.26. The van der Waals surface area contributed by atoms with E-state index in [4.69, 9.17) is 4.74 Å². The summed E-state index contributed by atoms with van der Waals surface area (Å²) in [7, 11) is -3.25. The Labute approximate surface area is 125 Å². The number of amides is 1. The quantitative estimate of drug-likeness (QED) is 0.865. The molecule has 1 aromatic rings. The Hall–Kier alpha value is -1.56. The second-order valence-corrected chi connectivity index (χ2v) is 8.43. The van der Waals surface area contributed by atoms with Crippen LogP contribution in [0.1, 0.15) is 44.4 Å². The van der Waals surface area contributed by atoms with E-state index in [1.54, 1.807) is 32.9 Å². The number of sulfone groups is 1. The van der Waals surface area contributed by atoms with Gasteiger partial charge in [-0.2, -0.15) is 0 Å². The fourth-order valence-corrected chi connectivity index (χ4v) is 3.96. The van der Waals surface area contributed by atoms with Crippen molar-refractivity contribution in [2.24, 2.45) is 0 Å². The number of ether oxygens (including phenoxy) is 1. The number of carbonyl (C=O) groups excluding carboxylic acids is 1. The molecule has 1 heterocycles. The number of hydrogen-bond acceptors (Lipinski definition) is 4. The van der Waals surface area contributed by atoms with E-state index in [9.17, 15) is 13.2 Å². The first-order valence-corrected chi connectivity index (χ1v) is 8.56. The lowest BCUT2D eigenvalue weighted by molar-refractivity contribution is 0.0501. The summed E-state index contributed by atoms with van der Waals surface area (Å²) in [4.78, 5) is 12.2. The maximum absolute atomic E-state index is 12.1. The Kier molecular flexibility index (Phi) is 4.02. The van der Waals surface area contributed by atoms with Gasteiger partial charge in [0.05, 0.1) is 16.7 Å². The first-order valence-electron chi connectivity index (χ1n) is 6.91. The van der Waals surface area contributed by atoms with Crippen molar-refractivity contribution in [2.75, 3.05) is 5.75 Å². The van der Waals surface area contributed by atoms with E-state index in [-0.39, 0.29) is 11.8 Å². The average molecular weight is 311 g/mol. The van der Waals surface area contributed by atoms with Crippen LogP contribution < -0.4 is 5.32 Å². The molecule has 0 bridgehead atoms. The summed E-state index contributed by atoms with van der Waals surface area (Å²) in [5.41, 5.74) is 1.02. The van der Waals surface area contributed by atoms with Crippen molar-refractivity contribution in [1.82, 2.24) is 5.32 Å². The van der Waals surface area contributed by atoms with Crippen molar-refractivity contribution in [2.45, 2.75) is 50.7 Å². The number of fused-ring (bicyclic) bond motifs is 1. The van der Waals surface area contributed by atoms with Gasteiger partial charge in [-0.05, 0) is 45.7 Å². The maximum atomic E-state index is 12.1. The summed E-state index contributed by atoms with van der Waals surface area (Å²) in [6, 6.07) is 4.86. The summed E-state index contributed by atoms with van der Waals surface area (Å²) >= 11 is 0. The Morgan fingerprint density at radius 1 is 1.33 bits per heavy atom. The average Bonchev–Trinajstić information content (AvgIpc) is 2.30. The number of rotatable bonds is 1. The first-order chi connectivity index (χ1) is 9.58. The van der Waals surface area contributed by atoms with Crippen LogP contribution in [0.15, 0.2) is 23.1 Å². The third-order valence-electron chi connectivity index (χ3n) is 3.24. The highest BCUT2D eigenvalue weighted by Crippen LogP contribution is 2.33. The van der Waals surface area contributed by atoms with E-state index in [1.807, 2.05) is 13.0 Å². The van der Waals surface area contributed by atoms with Crippen LogP contribution in [0.4, 0.5) is 4.79 Å². The van der Waals surface area contributed by atoms with Crippen molar-refractivity contribution in [3.8, 4) is 0 Å². The number of aryl methyl sites for hydroxylation is 1. The SMILES string of the molecule is Cc1ccc2c(c1)[C@@H](NC(=O)OC(C)(C)C)CCS2(=O)=O. The Bertz CT molecular complexity index is 659. The molecule has 0 radical (unpaired) electrons. The van der Waals surface area contributed by atoms with Gasteiger partial charge >= 0.3 is 6.09 Å². The molecule has 1 atom stereocenters. The van der Waals surface area contributed by atoms with E-state index >= 15 is 0 Å². The van der Waals surface area contributed by atoms with Crippen molar-refractivity contribution < 1.29 is 17.9 Å². The maximum Gasteiger partial charge on any atom is 0.408 e. The van der Waals surface area contributed by atoms with Gasteiger partial charge in [-0.15, -0.1) is 0 Å². The zero-order valence-corrected chi connectivity index (χ0v) is 13.6. The van der Waals surface area contributed by atoms with Crippen LogP contribution in [0, 0.1) is 6.92 Å². The molecule has 1 aromatic carbocycles. The number of carbonyl (C=O) groups is 1. The number of hydrogen-bond donors (Lipinski definition) is 1. The molecule has 5 nitrogen and oxygen atoms in total. The minimum Gasteiger partial charge on any atom is -0.444 e. The van der Waals surface area contributed by atoms with Crippen LogP contribution in [0.2, 0.25) is 0 Å². The standard InChI is InChI=1S/C15H21NO4S/c1-10-5-6-13-11(9-10)12(7-8-21(13,18)19)16-14(17)20-15(2,3)4/h5-6,9,12H,7-8H2,1-4H3,(H,16,17)/t12-/m0/s1. The Balaban J connectivity index is 2.28. The summed E-state index contributed by atoms with van der Waals surface area (Å²) in [6.07, 6.45) is -0.169. The summed E-state index contributed by atoms with van der Waals surface area (Å²) < 4.78 is 29.4. The fourth-order valence-electron chi connectivity index (χ4n) is 2.36. The lowest BCUT2D eigenvalue weighted by atomic mass is 10.0. The summed E-state index contributed by atoms with van der Waals surface area (Å²) in [5, 5.41) is 2.77. The molecule has 21 heavy (non-hydrogen) atoms. The molecule has 0 saturated heterocycles. The van der Waals surface area contributed by atoms with Gasteiger partial charge in [-0.1, -0.05) is 17.7 Å². The number of nitrogens with one attached hydrogen (secondary N) is 1. The van der Waals surface area contributed by atoms with Gasteiger partial charge in [0.25, 0.3) is 0 Å². The molecule has 0 unspecified atom stereocenters. The molecule has 1 N–H and O–H groups in total. The first kappa shape index (κ1) is 15.8. The molecule has 0 fully saturated rings. The van der Waals surface area contributed by atoms with E-state index < -0.39 is 21.5 Å². The molecule has 0 saturated carbocycles. The highest BCUT2D eigenvalue weighted by molar-refractivity contribution is 7.91. The highest BCUT2D eigenvalue weighted by Gasteiger charge is 2.32. The third kappa shape index (κ3) is 3.75. The van der Waals surface area contributed by atoms with Gasteiger partial charge < -0.3 is 10.1 Å². The van der Waals surface area contributed by atoms with Crippen LogP contribution in [-0.4, -0.2) is 25.9 Å². The summed E-state index contributed by atoms with van der Waals surface area (Å²) in [5.74, 6) is 0.0313. The van der Waals surface area contributed by atoms with Crippen molar-refractivity contribution in [3.63, 3.8) is 0 Å². The monoisotopic (exact) mass is 311 g/mol. The molecular weight excluding hydrogens is 290 g/mol. The van der Waals surface area contributed by atoms with Crippen molar-refractivity contribution in [1.29, 1.82) is 0 Å². The normalized spacial score (nSPS) is 20.5. The van der Waals surface area contributed by atoms with Gasteiger partial charge in [0.2, 0.25) is 0 Å². The van der Waals surface area contributed by atoms with Crippen LogP contribution in [0.5, 0.6) is 0 Å². The van der Waals surface area contributed by atoms with Gasteiger partial charge in [0.1, 0.15) is 5.60 Å². The highest BCUT2D eigenvalue weighted by atomic mass is 32.2. The second-order valence-electron chi connectivity index (χ2n) is 6.35. The van der Waals surface area contributed by atoms with Crippen molar-refractivity contribution >= 4 is 15.9 Å². The third-order valence-corrected chi connectivity index (χ3v) is 5.06. The van der Waals surface area contributed by atoms with Gasteiger partial charge in [-0.25, -0.2) is 13.2 Å². The van der Waals surface area contributed by atoms with E-state index in [1.165, 1.54) is 0 Å². The fraction of sp³-hybridized carbons (Fsp3) is 0.533. The molecule has 116 valence electrons. The predicted octanol–water partition coefficient (Wildman–Crippen LogP) is 2.74. The molecule has 1 aliphatic rings. The van der Waals surface area contributed by atoms with Crippen molar-refractivity contribution in [3.05, 3.63) is 29.3 Å². The van der Waals surface area contributed by atoms with Crippen LogP contribution in [0.3, 0.4) is 0 Å².